The van der Waals surface area contributed by atoms with Gasteiger partial charge in [0, 0.05) is 9.13 Å². The van der Waals surface area contributed by atoms with Crippen molar-refractivity contribution in [3.05, 3.63) is 55.5 Å². The number of ketones is 1. The molecule has 0 radical (unpaired) electrons. The van der Waals surface area contributed by atoms with Gasteiger partial charge in [-0.25, -0.2) is 4.39 Å². The highest BCUT2D eigenvalue weighted by atomic mass is 127. The molecule has 15 heavy (non-hydrogen) atoms. The normalized spacial score (nSPS) is 10.3. The van der Waals surface area contributed by atoms with E-state index in [1.165, 1.54) is 29.5 Å². The van der Waals surface area contributed by atoms with Gasteiger partial charge in [0.05, 0.1) is 4.88 Å². The molecular weight excluding hydrogens is 326 g/mol. The van der Waals surface area contributed by atoms with E-state index in [0.29, 0.717) is 14.0 Å². The Morgan fingerprint density at radius 2 is 2.13 bits per heavy atom. The Hall–Kier alpha value is -0.750. The zero-order chi connectivity index (χ0) is 10.8. The van der Waals surface area contributed by atoms with E-state index in [-0.39, 0.29) is 11.6 Å². The van der Waals surface area contributed by atoms with Crippen LogP contribution < -0.4 is 0 Å². The molecule has 0 unspecified atom stereocenters. The van der Waals surface area contributed by atoms with Crippen molar-refractivity contribution in [3.63, 3.8) is 0 Å². The molecule has 4 heteroatoms. The summed E-state index contributed by atoms with van der Waals surface area (Å²) in [6.45, 7) is 0. The third-order valence-electron chi connectivity index (χ3n) is 1.92. The highest BCUT2D eigenvalue weighted by molar-refractivity contribution is 14.1. The van der Waals surface area contributed by atoms with Gasteiger partial charge in [-0.15, -0.1) is 11.3 Å². The molecule has 1 aromatic heterocycles. The van der Waals surface area contributed by atoms with Crippen LogP contribution in [0.15, 0.2) is 35.7 Å². The predicted molar refractivity (Wildman–Crippen MR) is 66.9 cm³/mol. The Bertz CT molecular complexity index is 493. The molecule has 1 aromatic carbocycles. The number of carbonyl (C=O) groups excluding carboxylic acids is 1. The number of carbonyl (C=O) groups is 1. The van der Waals surface area contributed by atoms with Gasteiger partial charge < -0.3 is 0 Å². The minimum absolute atomic E-state index is 0.0469. The summed E-state index contributed by atoms with van der Waals surface area (Å²) in [6.07, 6.45) is 0. The van der Waals surface area contributed by atoms with Crippen molar-refractivity contribution < 1.29 is 9.18 Å². The molecule has 0 atom stereocenters. The third kappa shape index (κ3) is 2.26. The SMILES string of the molecule is O=C(c1cccs1)c1ccc(F)cc1I. The lowest BCUT2D eigenvalue weighted by Gasteiger charge is -2.01. The van der Waals surface area contributed by atoms with E-state index in [0.717, 1.165) is 0 Å². The number of thiophene rings is 1. The molecule has 0 fully saturated rings. The average Bonchev–Trinajstić information content (AvgIpc) is 2.69. The maximum atomic E-state index is 12.8. The van der Waals surface area contributed by atoms with Crippen molar-refractivity contribution in [1.29, 1.82) is 0 Å². The minimum Gasteiger partial charge on any atom is -0.288 e. The van der Waals surface area contributed by atoms with Gasteiger partial charge in [-0.2, -0.15) is 0 Å². The number of hydrogen-bond acceptors (Lipinski definition) is 2. The number of halogens is 2. The fraction of sp³-hybridized carbons (Fsp3) is 0. The summed E-state index contributed by atoms with van der Waals surface area (Å²) in [6, 6.07) is 7.80. The first-order valence-electron chi connectivity index (χ1n) is 4.22. The molecule has 0 saturated carbocycles. The molecule has 1 nitrogen and oxygen atoms in total. The highest BCUT2D eigenvalue weighted by Crippen LogP contribution is 2.20. The van der Waals surface area contributed by atoms with Gasteiger partial charge in [0.1, 0.15) is 5.82 Å². The Morgan fingerprint density at radius 3 is 2.73 bits per heavy atom. The molecule has 76 valence electrons. The number of benzene rings is 1. The minimum atomic E-state index is -0.317. The summed E-state index contributed by atoms with van der Waals surface area (Å²) in [5.41, 5.74) is 0.555. The molecule has 0 bridgehead atoms. The Balaban J connectivity index is 2.42. The van der Waals surface area contributed by atoms with E-state index in [9.17, 15) is 9.18 Å². The Morgan fingerprint density at radius 1 is 1.33 bits per heavy atom. The summed E-state index contributed by atoms with van der Waals surface area (Å²) < 4.78 is 13.5. The van der Waals surface area contributed by atoms with Crippen molar-refractivity contribution in [2.24, 2.45) is 0 Å². The first-order valence-corrected chi connectivity index (χ1v) is 6.17. The van der Waals surface area contributed by atoms with Crippen LogP contribution >= 0.6 is 33.9 Å². The van der Waals surface area contributed by atoms with E-state index < -0.39 is 0 Å². The summed E-state index contributed by atoms with van der Waals surface area (Å²) in [5.74, 6) is -0.364. The molecule has 0 amide bonds. The zero-order valence-electron chi connectivity index (χ0n) is 7.54. The lowest BCUT2D eigenvalue weighted by atomic mass is 10.1. The molecule has 0 N–H and O–H groups in total. The molecular formula is C11H6FIOS. The largest absolute Gasteiger partial charge is 0.288 e. The maximum Gasteiger partial charge on any atom is 0.204 e. The standard InChI is InChI=1S/C11H6FIOS/c12-7-3-4-8(9(13)6-7)11(14)10-2-1-5-15-10/h1-6H. The zero-order valence-corrected chi connectivity index (χ0v) is 10.5. The van der Waals surface area contributed by atoms with E-state index in [4.69, 9.17) is 0 Å². The molecule has 0 spiro atoms. The summed E-state index contributed by atoms with van der Waals surface area (Å²) >= 11 is 3.36. The van der Waals surface area contributed by atoms with Crippen LogP contribution in [0.3, 0.4) is 0 Å². The molecule has 0 aliphatic rings. The quantitative estimate of drug-likeness (QED) is 0.605. The lowest BCUT2D eigenvalue weighted by molar-refractivity contribution is 0.104. The van der Waals surface area contributed by atoms with Crippen LogP contribution in [0.1, 0.15) is 15.2 Å². The van der Waals surface area contributed by atoms with E-state index in [2.05, 4.69) is 0 Å². The molecule has 0 aliphatic carbocycles. The van der Waals surface area contributed by atoms with Gasteiger partial charge in [-0.05, 0) is 52.2 Å². The van der Waals surface area contributed by atoms with Gasteiger partial charge >= 0.3 is 0 Å². The monoisotopic (exact) mass is 332 g/mol. The van der Waals surface area contributed by atoms with Crippen LogP contribution in [0.25, 0.3) is 0 Å². The van der Waals surface area contributed by atoms with E-state index in [1.54, 1.807) is 6.07 Å². The smallest absolute Gasteiger partial charge is 0.204 e. The van der Waals surface area contributed by atoms with Crippen molar-refractivity contribution in [1.82, 2.24) is 0 Å². The van der Waals surface area contributed by atoms with Gasteiger partial charge in [-0.3, -0.25) is 4.79 Å². The van der Waals surface area contributed by atoms with Crippen molar-refractivity contribution >= 4 is 39.7 Å². The molecule has 0 aliphatic heterocycles. The number of hydrogen-bond donors (Lipinski definition) is 0. The van der Waals surface area contributed by atoms with E-state index in [1.807, 2.05) is 34.0 Å². The Kier molecular flexibility index (Phi) is 3.16. The molecule has 1 heterocycles. The van der Waals surface area contributed by atoms with Crippen LogP contribution in [-0.2, 0) is 0 Å². The topological polar surface area (TPSA) is 17.1 Å². The van der Waals surface area contributed by atoms with Crippen molar-refractivity contribution in [3.8, 4) is 0 Å². The first kappa shape index (κ1) is 10.8. The molecule has 0 saturated heterocycles. The fourth-order valence-corrected chi connectivity index (χ4v) is 2.61. The fourth-order valence-electron chi connectivity index (χ4n) is 1.21. The van der Waals surface area contributed by atoms with Gasteiger partial charge in [0.2, 0.25) is 5.78 Å². The van der Waals surface area contributed by atoms with E-state index >= 15 is 0 Å². The number of rotatable bonds is 2. The van der Waals surface area contributed by atoms with Gasteiger partial charge in [0.15, 0.2) is 0 Å². The predicted octanol–water partition coefficient (Wildman–Crippen LogP) is 3.72. The van der Waals surface area contributed by atoms with Crippen LogP contribution in [-0.4, -0.2) is 5.78 Å². The summed E-state index contributed by atoms with van der Waals surface area (Å²) in [4.78, 5) is 12.6. The van der Waals surface area contributed by atoms with Crippen LogP contribution in [0.5, 0.6) is 0 Å². The lowest BCUT2D eigenvalue weighted by Crippen LogP contribution is -2.01. The van der Waals surface area contributed by atoms with Gasteiger partial charge in [-0.1, -0.05) is 6.07 Å². The van der Waals surface area contributed by atoms with Crippen molar-refractivity contribution in [2.45, 2.75) is 0 Å². The van der Waals surface area contributed by atoms with Crippen LogP contribution in [0.2, 0.25) is 0 Å². The Labute approximate surface area is 104 Å². The second kappa shape index (κ2) is 4.40. The summed E-state index contributed by atoms with van der Waals surface area (Å²) in [5, 5.41) is 1.85. The molecule has 2 aromatic rings. The second-order valence-electron chi connectivity index (χ2n) is 2.93. The third-order valence-corrected chi connectivity index (χ3v) is 3.68. The second-order valence-corrected chi connectivity index (χ2v) is 5.04. The maximum absolute atomic E-state index is 12.8. The first-order chi connectivity index (χ1) is 7.18. The van der Waals surface area contributed by atoms with Crippen LogP contribution in [0, 0.1) is 9.39 Å². The van der Waals surface area contributed by atoms with Gasteiger partial charge in [0.25, 0.3) is 0 Å². The van der Waals surface area contributed by atoms with Crippen LogP contribution in [0.4, 0.5) is 4.39 Å². The highest BCUT2D eigenvalue weighted by Gasteiger charge is 2.13. The summed E-state index contributed by atoms with van der Waals surface area (Å²) in [7, 11) is 0. The average molecular weight is 332 g/mol. The molecule has 2 rings (SSSR count). The van der Waals surface area contributed by atoms with Crippen molar-refractivity contribution in [2.75, 3.05) is 0 Å².